The molecule has 0 unspecified atom stereocenters. The Bertz CT molecular complexity index is 793. The van der Waals surface area contributed by atoms with E-state index in [1.807, 2.05) is 16.7 Å². The molecule has 1 saturated heterocycles. The molecule has 5 rings (SSSR count). The van der Waals surface area contributed by atoms with Crippen molar-refractivity contribution in [3.63, 3.8) is 0 Å². The quantitative estimate of drug-likeness (QED) is 0.787. The fourth-order valence-corrected chi connectivity index (χ4v) is 6.10. The van der Waals surface area contributed by atoms with Gasteiger partial charge in [-0.1, -0.05) is 30.0 Å². The number of nitrogens with one attached hydrogen (secondary N) is 2. The molecule has 1 fully saturated rings. The molecule has 130 valence electrons. The van der Waals surface area contributed by atoms with Gasteiger partial charge in [-0.3, -0.25) is 0 Å². The van der Waals surface area contributed by atoms with Crippen LogP contribution in [-0.4, -0.2) is 33.2 Å². The Hall–Kier alpha value is -1.29. The highest BCUT2D eigenvalue weighted by atomic mass is 32.2. The van der Waals surface area contributed by atoms with E-state index in [2.05, 4.69) is 43.4 Å². The molecule has 2 nitrogen and oxygen atoms in total. The van der Waals surface area contributed by atoms with Gasteiger partial charge >= 0.3 is 0 Å². The van der Waals surface area contributed by atoms with Gasteiger partial charge < -0.3 is 9.80 Å². The van der Waals surface area contributed by atoms with E-state index in [0.717, 1.165) is 0 Å². The molecule has 2 aromatic rings. The third-order valence-electron chi connectivity index (χ3n) is 6.45. The molecule has 2 aromatic carbocycles. The van der Waals surface area contributed by atoms with E-state index < -0.39 is 0 Å². The number of piperazine rings is 1. The first kappa shape index (κ1) is 15.9. The van der Waals surface area contributed by atoms with E-state index in [1.54, 1.807) is 27.2 Å². The molecule has 3 aliphatic rings. The third kappa shape index (κ3) is 2.92. The van der Waals surface area contributed by atoms with E-state index in [1.165, 1.54) is 61.7 Å². The normalized spacial score (nSPS) is 28.0. The summed E-state index contributed by atoms with van der Waals surface area (Å²) in [6.45, 7) is 5.22. The number of benzene rings is 2. The van der Waals surface area contributed by atoms with Crippen LogP contribution in [0.15, 0.2) is 46.2 Å². The summed E-state index contributed by atoms with van der Waals surface area (Å²) in [6.07, 6.45) is 5.10. The Morgan fingerprint density at radius 3 is 2.48 bits per heavy atom. The average molecular weight is 353 g/mol. The molecule has 0 spiro atoms. The van der Waals surface area contributed by atoms with Crippen LogP contribution < -0.4 is 9.80 Å². The Kier molecular flexibility index (Phi) is 4.11. The van der Waals surface area contributed by atoms with Gasteiger partial charge in [-0.15, -0.1) is 0 Å². The highest BCUT2D eigenvalue weighted by Gasteiger charge is 2.34. The Labute approximate surface area is 155 Å². The van der Waals surface area contributed by atoms with Gasteiger partial charge in [0.15, 0.2) is 0 Å². The molecule has 0 radical (unpaired) electrons. The summed E-state index contributed by atoms with van der Waals surface area (Å²) < 4.78 is 0. The number of aryl methyl sites for hydroxylation is 2. The topological polar surface area (TPSA) is 8.88 Å². The van der Waals surface area contributed by atoms with E-state index in [0.29, 0.717) is 6.04 Å². The van der Waals surface area contributed by atoms with Crippen LogP contribution in [0.25, 0.3) is 0 Å². The summed E-state index contributed by atoms with van der Waals surface area (Å²) in [5.74, 6) is 0. The predicted molar refractivity (Wildman–Crippen MR) is 103 cm³/mol. The van der Waals surface area contributed by atoms with Gasteiger partial charge in [0.1, 0.15) is 32.2 Å². The minimum absolute atomic E-state index is 0.630. The molecule has 0 amide bonds. The number of fused-ring (bicyclic) bond motifs is 3. The van der Waals surface area contributed by atoms with Crippen LogP contribution >= 0.6 is 11.8 Å². The fraction of sp³-hybridized carbons (Fsp3) is 0.455. The Balaban J connectivity index is 1.60. The first-order valence-electron chi connectivity index (χ1n) is 9.85. The summed E-state index contributed by atoms with van der Waals surface area (Å²) >= 11 is 2.02. The van der Waals surface area contributed by atoms with Crippen LogP contribution in [0.1, 0.15) is 34.7 Å². The summed E-state index contributed by atoms with van der Waals surface area (Å²) in [7, 11) is 2.34. The number of quaternary nitrogens is 2. The first-order valence-corrected chi connectivity index (χ1v) is 10.7. The minimum Gasteiger partial charge on any atom is -0.328 e. The molecular formula is C22H28N2S+2. The van der Waals surface area contributed by atoms with E-state index >= 15 is 0 Å². The molecule has 3 heteroatoms. The van der Waals surface area contributed by atoms with Crippen LogP contribution in [-0.2, 0) is 19.3 Å². The molecule has 2 N–H and O–H groups in total. The molecule has 0 aromatic heterocycles. The van der Waals surface area contributed by atoms with Crippen LogP contribution in [0.5, 0.6) is 0 Å². The van der Waals surface area contributed by atoms with Gasteiger partial charge in [0.2, 0.25) is 0 Å². The summed E-state index contributed by atoms with van der Waals surface area (Å²) in [5, 5.41) is 0. The maximum atomic E-state index is 2.60. The zero-order chi connectivity index (χ0) is 16.8. The minimum atomic E-state index is 0.630. The standard InChI is InChI=1S/C22H26N2S/c1-23-9-11-24(12-10-23)20-14-18-5-2-3-8-21(18)25-22-15-17-7-4-6-16(17)13-19(20)22/h2-3,5,8,13,15,20H,4,6-7,9-12,14H2,1H3/p+2/t20-/m1/s1. The molecule has 0 bridgehead atoms. The molecule has 0 saturated carbocycles. The number of rotatable bonds is 1. The molecule has 2 aliphatic heterocycles. The summed E-state index contributed by atoms with van der Waals surface area (Å²) in [4.78, 5) is 6.51. The molecule has 25 heavy (non-hydrogen) atoms. The van der Waals surface area contributed by atoms with Crippen molar-refractivity contribution in [3.8, 4) is 0 Å². The largest absolute Gasteiger partial charge is 0.328 e. The molecule has 1 aliphatic carbocycles. The van der Waals surface area contributed by atoms with Crippen molar-refractivity contribution in [1.82, 2.24) is 0 Å². The van der Waals surface area contributed by atoms with E-state index in [-0.39, 0.29) is 0 Å². The van der Waals surface area contributed by atoms with Gasteiger partial charge in [0.05, 0.1) is 7.05 Å². The van der Waals surface area contributed by atoms with Gasteiger partial charge in [0.25, 0.3) is 0 Å². The SMILES string of the molecule is C[NH+]1CC[NH+]([C@@H]2Cc3ccccc3Sc3cc4c(cc32)CCC4)CC1. The van der Waals surface area contributed by atoms with Gasteiger partial charge in [-0.05, 0) is 54.2 Å². The third-order valence-corrected chi connectivity index (χ3v) is 7.65. The second kappa shape index (κ2) is 6.46. The van der Waals surface area contributed by atoms with Crippen molar-refractivity contribution in [1.29, 1.82) is 0 Å². The first-order chi connectivity index (χ1) is 12.3. The van der Waals surface area contributed by atoms with Gasteiger partial charge in [0, 0.05) is 21.8 Å². The molecular weight excluding hydrogens is 324 g/mol. The van der Waals surface area contributed by atoms with E-state index in [4.69, 9.17) is 0 Å². The van der Waals surface area contributed by atoms with Gasteiger partial charge in [-0.25, -0.2) is 0 Å². The second-order valence-electron chi connectivity index (χ2n) is 8.09. The van der Waals surface area contributed by atoms with Crippen molar-refractivity contribution in [2.45, 2.75) is 41.5 Å². The number of likely N-dealkylation sites (N-methyl/N-ethyl adjacent to an activating group) is 1. The van der Waals surface area contributed by atoms with Crippen LogP contribution in [0.3, 0.4) is 0 Å². The number of hydrogen-bond acceptors (Lipinski definition) is 1. The monoisotopic (exact) mass is 352 g/mol. The zero-order valence-corrected chi connectivity index (χ0v) is 15.9. The smallest absolute Gasteiger partial charge is 0.127 e. The lowest BCUT2D eigenvalue weighted by molar-refractivity contribution is -1.02. The summed E-state index contributed by atoms with van der Waals surface area (Å²) in [6, 6.07) is 14.9. The highest BCUT2D eigenvalue weighted by Crippen LogP contribution is 2.42. The van der Waals surface area contributed by atoms with E-state index in [9.17, 15) is 0 Å². The summed E-state index contributed by atoms with van der Waals surface area (Å²) in [5.41, 5.74) is 6.43. The fourth-order valence-electron chi connectivity index (χ4n) is 4.91. The maximum Gasteiger partial charge on any atom is 0.127 e. The van der Waals surface area contributed by atoms with Crippen LogP contribution in [0, 0.1) is 0 Å². The Morgan fingerprint density at radius 2 is 1.64 bits per heavy atom. The molecule has 1 atom stereocenters. The van der Waals surface area contributed by atoms with Crippen molar-refractivity contribution < 1.29 is 9.80 Å². The van der Waals surface area contributed by atoms with Crippen molar-refractivity contribution in [2.24, 2.45) is 0 Å². The lowest BCUT2D eigenvalue weighted by atomic mass is 9.94. The van der Waals surface area contributed by atoms with Crippen molar-refractivity contribution >= 4 is 11.8 Å². The second-order valence-corrected chi connectivity index (χ2v) is 9.18. The Morgan fingerprint density at radius 1 is 0.880 bits per heavy atom. The number of hydrogen-bond donors (Lipinski definition) is 2. The zero-order valence-electron chi connectivity index (χ0n) is 15.1. The van der Waals surface area contributed by atoms with Crippen LogP contribution in [0.4, 0.5) is 0 Å². The van der Waals surface area contributed by atoms with Crippen molar-refractivity contribution in [3.05, 3.63) is 58.7 Å². The molecule has 2 heterocycles. The van der Waals surface area contributed by atoms with Crippen LogP contribution in [0.2, 0.25) is 0 Å². The maximum absolute atomic E-state index is 2.60. The van der Waals surface area contributed by atoms with Gasteiger partial charge in [-0.2, -0.15) is 0 Å². The lowest BCUT2D eigenvalue weighted by Crippen LogP contribution is -3.27. The average Bonchev–Trinajstić information content (AvgIpc) is 3.02. The lowest BCUT2D eigenvalue weighted by Gasteiger charge is -2.34. The highest BCUT2D eigenvalue weighted by molar-refractivity contribution is 7.99. The predicted octanol–water partition coefficient (Wildman–Crippen LogP) is 1.34. The van der Waals surface area contributed by atoms with Crippen molar-refractivity contribution in [2.75, 3.05) is 33.2 Å².